The molecular weight excluding hydrogens is 324 g/mol. The van der Waals surface area contributed by atoms with Gasteiger partial charge in [0.1, 0.15) is 0 Å². The van der Waals surface area contributed by atoms with Crippen LogP contribution >= 0.6 is 0 Å². The molecule has 27 heavy (non-hydrogen) atoms. The first-order chi connectivity index (χ1) is 12.7. The Morgan fingerprint density at radius 3 is 1.59 bits per heavy atom. The van der Waals surface area contributed by atoms with Crippen LogP contribution in [-0.4, -0.2) is 0 Å². The Bertz CT molecular complexity index is 677. The molecule has 0 aromatic carbocycles. The summed E-state index contributed by atoms with van der Waals surface area (Å²) in [6, 6.07) is 0. The molecule has 0 radical (unpaired) electrons. The number of hydrogen-bond acceptors (Lipinski definition) is 0. The molecule has 0 amide bonds. The molecule has 150 valence electrons. The summed E-state index contributed by atoms with van der Waals surface area (Å²) < 4.78 is 0. The van der Waals surface area contributed by atoms with Gasteiger partial charge in [0.05, 0.1) is 0 Å². The van der Waals surface area contributed by atoms with Crippen LogP contribution in [0.5, 0.6) is 0 Å². The Morgan fingerprint density at radius 1 is 0.593 bits per heavy atom. The number of hydrogen-bond donors (Lipinski definition) is 0. The van der Waals surface area contributed by atoms with E-state index >= 15 is 0 Å². The van der Waals surface area contributed by atoms with Crippen molar-refractivity contribution < 1.29 is 0 Å². The van der Waals surface area contributed by atoms with E-state index in [4.69, 9.17) is 0 Å². The molecule has 0 N–H and O–H groups in total. The molecule has 0 fully saturated rings. The SMILES string of the molecule is CC(C)(C)C1=C2CCCCCC3=CCC(=C3)CCCCCC1=C2C(C)(C)C. The van der Waals surface area contributed by atoms with Crippen molar-refractivity contribution in [2.24, 2.45) is 10.8 Å². The maximum Gasteiger partial charge on any atom is -0.0126 e. The molecule has 4 aliphatic rings. The Balaban J connectivity index is 1.79. The molecule has 0 aliphatic heterocycles. The molecule has 0 saturated carbocycles. The van der Waals surface area contributed by atoms with Crippen molar-refractivity contribution in [1.29, 1.82) is 0 Å². The zero-order valence-electron chi connectivity index (χ0n) is 18.9. The fourth-order valence-electron chi connectivity index (χ4n) is 5.49. The van der Waals surface area contributed by atoms with Gasteiger partial charge in [-0.3, -0.25) is 0 Å². The monoisotopic (exact) mass is 366 g/mol. The standard InChI is InChI=1S/C27H42/c1-26(2,3)24-22-15-11-7-9-13-20-17-18-21(19-20)14-10-8-12-16-23(24)25(22)27(4,5)6/h17,19H,7-16,18H2,1-6H3. The molecule has 0 heteroatoms. The lowest BCUT2D eigenvalue weighted by Crippen LogP contribution is -2.29. The third-order valence-electron chi connectivity index (χ3n) is 6.54. The molecular formula is C27H42. The van der Waals surface area contributed by atoms with E-state index in [9.17, 15) is 0 Å². The van der Waals surface area contributed by atoms with Gasteiger partial charge in [-0.25, -0.2) is 0 Å². The van der Waals surface area contributed by atoms with Gasteiger partial charge in [-0.05, 0) is 90.9 Å². The maximum atomic E-state index is 2.52. The molecule has 0 saturated heterocycles. The highest BCUT2D eigenvalue weighted by molar-refractivity contribution is 5.63. The third-order valence-corrected chi connectivity index (χ3v) is 6.54. The fraction of sp³-hybridized carbons (Fsp3) is 0.704. The minimum absolute atomic E-state index is 0.291. The summed E-state index contributed by atoms with van der Waals surface area (Å²) in [7, 11) is 0. The first kappa shape index (κ1) is 20.7. The molecule has 0 spiro atoms. The van der Waals surface area contributed by atoms with E-state index in [1.165, 1.54) is 70.6 Å². The van der Waals surface area contributed by atoms with E-state index < -0.39 is 0 Å². The lowest BCUT2D eigenvalue weighted by molar-refractivity contribution is 0.436. The molecule has 0 atom stereocenters. The van der Waals surface area contributed by atoms with Gasteiger partial charge in [0.15, 0.2) is 0 Å². The van der Waals surface area contributed by atoms with E-state index in [2.05, 4.69) is 53.7 Å². The Morgan fingerprint density at radius 2 is 1.07 bits per heavy atom. The zero-order chi connectivity index (χ0) is 19.7. The van der Waals surface area contributed by atoms with Crippen molar-refractivity contribution in [3.63, 3.8) is 0 Å². The summed E-state index contributed by atoms with van der Waals surface area (Å²) in [5.74, 6) is 0. The van der Waals surface area contributed by atoms with Crippen molar-refractivity contribution in [3.05, 3.63) is 45.6 Å². The van der Waals surface area contributed by atoms with E-state index in [0.717, 1.165) is 0 Å². The topological polar surface area (TPSA) is 0 Å². The van der Waals surface area contributed by atoms with Gasteiger partial charge in [-0.15, -0.1) is 0 Å². The highest BCUT2D eigenvalue weighted by atomic mass is 14.4. The number of fused-ring (bicyclic) bond motifs is 8. The molecule has 0 aromatic rings. The molecule has 0 heterocycles. The summed E-state index contributed by atoms with van der Waals surface area (Å²) in [4.78, 5) is 0. The summed E-state index contributed by atoms with van der Waals surface area (Å²) >= 11 is 0. The van der Waals surface area contributed by atoms with Crippen molar-refractivity contribution in [3.8, 4) is 0 Å². The first-order valence-corrected chi connectivity index (χ1v) is 11.5. The van der Waals surface area contributed by atoms with Crippen LogP contribution in [0.4, 0.5) is 0 Å². The van der Waals surface area contributed by atoms with Crippen LogP contribution in [-0.2, 0) is 0 Å². The Labute approximate surface area is 168 Å². The van der Waals surface area contributed by atoms with Crippen LogP contribution in [0.2, 0.25) is 0 Å². The summed E-state index contributed by atoms with van der Waals surface area (Å²) in [5.41, 5.74) is 10.8. The predicted molar refractivity (Wildman–Crippen MR) is 120 cm³/mol. The van der Waals surface area contributed by atoms with Gasteiger partial charge >= 0.3 is 0 Å². The van der Waals surface area contributed by atoms with E-state index in [-0.39, 0.29) is 0 Å². The average molecular weight is 367 g/mol. The highest BCUT2D eigenvalue weighted by Crippen LogP contribution is 2.54. The quantitative estimate of drug-likeness (QED) is 0.401. The Hall–Kier alpha value is -1.04. The third kappa shape index (κ3) is 4.87. The van der Waals surface area contributed by atoms with Gasteiger partial charge in [0.25, 0.3) is 0 Å². The van der Waals surface area contributed by atoms with Crippen LogP contribution in [0, 0.1) is 10.8 Å². The fourth-order valence-corrected chi connectivity index (χ4v) is 5.49. The number of rotatable bonds is 0. The molecule has 0 unspecified atom stereocenters. The average Bonchev–Trinajstić information content (AvgIpc) is 2.94. The molecule has 4 aliphatic carbocycles. The van der Waals surface area contributed by atoms with Crippen LogP contribution < -0.4 is 0 Å². The van der Waals surface area contributed by atoms with Gasteiger partial charge < -0.3 is 0 Å². The minimum atomic E-state index is 0.291. The number of allylic oxidation sites excluding steroid dienone is 8. The van der Waals surface area contributed by atoms with Crippen LogP contribution in [0.25, 0.3) is 0 Å². The van der Waals surface area contributed by atoms with E-state index in [1.807, 2.05) is 0 Å². The summed E-state index contributed by atoms with van der Waals surface area (Å²) in [5, 5.41) is 0. The first-order valence-electron chi connectivity index (χ1n) is 11.5. The second-order valence-corrected chi connectivity index (χ2v) is 11.1. The van der Waals surface area contributed by atoms with Gasteiger partial charge in [0, 0.05) is 0 Å². The Kier molecular flexibility index (Phi) is 6.24. The normalized spacial score (nSPS) is 23.2. The molecule has 4 bridgehead atoms. The van der Waals surface area contributed by atoms with Crippen LogP contribution in [0.3, 0.4) is 0 Å². The maximum absolute atomic E-state index is 2.52. The van der Waals surface area contributed by atoms with Gasteiger partial charge in [-0.2, -0.15) is 0 Å². The largest absolute Gasteiger partial charge is 0.0772 e. The van der Waals surface area contributed by atoms with Crippen molar-refractivity contribution in [2.75, 3.05) is 0 Å². The van der Waals surface area contributed by atoms with E-state index in [0.29, 0.717) is 10.8 Å². The van der Waals surface area contributed by atoms with Crippen molar-refractivity contribution in [2.45, 2.75) is 112 Å². The summed E-state index contributed by atoms with van der Waals surface area (Å²) in [6.45, 7) is 14.6. The van der Waals surface area contributed by atoms with Crippen molar-refractivity contribution in [1.82, 2.24) is 0 Å². The predicted octanol–water partition coefficient (Wildman–Crippen LogP) is 8.86. The highest BCUT2D eigenvalue weighted by Gasteiger charge is 2.39. The smallest absolute Gasteiger partial charge is 0.0126 e. The summed E-state index contributed by atoms with van der Waals surface area (Å²) in [6.07, 6.45) is 19.6. The lowest BCUT2D eigenvalue weighted by Gasteiger charge is -2.44. The second-order valence-electron chi connectivity index (χ2n) is 11.1. The van der Waals surface area contributed by atoms with E-state index in [1.54, 1.807) is 33.4 Å². The van der Waals surface area contributed by atoms with Crippen LogP contribution in [0.1, 0.15) is 112 Å². The second kappa shape index (κ2) is 8.14. The molecule has 0 aromatic heterocycles. The van der Waals surface area contributed by atoms with Crippen LogP contribution in [0.15, 0.2) is 45.6 Å². The zero-order valence-corrected chi connectivity index (χ0v) is 18.9. The van der Waals surface area contributed by atoms with Crippen molar-refractivity contribution >= 4 is 0 Å². The molecule has 4 rings (SSSR count). The molecule has 0 nitrogen and oxygen atoms in total. The van der Waals surface area contributed by atoms with Gasteiger partial charge in [0.2, 0.25) is 0 Å². The lowest BCUT2D eigenvalue weighted by atomic mass is 9.60. The van der Waals surface area contributed by atoms with Gasteiger partial charge in [-0.1, -0.05) is 77.7 Å². The minimum Gasteiger partial charge on any atom is -0.0772 e.